The van der Waals surface area contributed by atoms with E-state index in [4.69, 9.17) is 17.0 Å². The number of ether oxygens (including phenoxy) is 1. The average molecular weight is 346 g/mol. The van der Waals surface area contributed by atoms with Gasteiger partial charge in [-0.1, -0.05) is 23.8 Å². The summed E-state index contributed by atoms with van der Waals surface area (Å²) in [6.07, 6.45) is 0.0544. The lowest BCUT2D eigenvalue weighted by atomic mass is 10.1. The zero-order chi connectivity index (χ0) is 17.3. The van der Waals surface area contributed by atoms with Crippen molar-refractivity contribution in [1.82, 2.24) is 19.7 Å². The Labute approximate surface area is 146 Å². The molecule has 0 aliphatic carbocycles. The van der Waals surface area contributed by atoms with E-state index in [0.717, 1.165) is 11.1 Å². The number of amides is 1. The van der Waals surface area contributed by atoms with Crippen LogP contribution in [0.25, 0.3) is 11.4 Å². The lowest BCUT2D eigenvalue weighted by Crippen LogP contribution is -2.51. The Bertz CT molecular complexity index is 798. The van der Waals surface area contributed by atoms with Crippen LogP contribution >= 0.6 is 12.2 Å². The third-order valence-corrected chi connectivity index (χ3v) is 4.57. The summed E-state index contributed by atoms with van der Waals surface area (Å²) in [4.78, 5) is 14.6. The average Bonchev–Trinajstić information content (AvgIpc) is 2.90. The molecule has 0 saturated carbocycles. The highest BCUT2D eigenvalue weighted by atomic mass is 32.1. The Hall–Kier alpha value is -1.99. The van der Waals surface area contributed by atoms with Crippen LogP contribution in [0, 0.1) is 11.7 Å². The Morgan fingerprint density at radius 2 is 2.25 bits per heavy atom. The van der Waals surface area contributed by atoms with Gasteiger partial charge >= 0.3 is 0 Å². The number of morpholine rings is 1. The molecule has 128 valence electrons. The van der Waals surface area contributed by atoms with Gasteiger partial charge in [0, 0.05) is 12.1 Å². The normalized spacial score (nSPS) is 21.0. The van der Waals surface area contributed by atoms with Gasteiger partial charge in [-0.05, 0) is 39.1 Å². The summed E-state index contributed by atoms with van der Waals surface area (Å²) < 4.78 is 7.81. The molecule has 1 aliphatic heterocycles. The molecule has 1 fully saturated rings. The summed E-state index contributed by atoms with van der Waals surface area (Å²) in [6.45, 7) is 7.35. The van der Waals surface area contributed by atoms with E-state index in [2.05, 4.69) is 10.2 Å². The molecular formula is C17H22N4O2S. The predicted octanol–water partition coefficient (Wildman–Crippen LogP) is 2.55. The fourth-order valence-corrected chi connectivity index (χ4v) is 3.14. The summed E-state index contributed by atoms with van der Waals surface area (Å²) >= 11 is 5.33. The van der Waals surface area contributed by atoms with Crippen molar-refractivity contribution in [2.45, 2.75) is 39.5 Å². The van der Waals surface area contributed by atoms with Gasteiger partial charge in [0.1, 0.15) is 6.54 Å². The zero-order valence-electron chi connectivity index (χ0n) is 14.2. The molecule has 1 N–H and O–H groups in total. The topological polar surface area (TPSA) is 63.2 Å². The molecule has 2 heterocycles. The summed E-state index contributed by atoms with van der Waals surface area (Å²) in [5, 5.41) is 7.11. The lowest BCUT2D eigenvalue weighted by Gasteiger charge is -2.36. The maximum Gasteiger partial charge on any atom is 0.243 e. The SMILES string of the molecule is Cc1cccc(-c2n[nH]c(=S)n2CC(=O)N2CC(C)OCC2C)c1. The van der Waals surface area contributed by atoms with Crippen LogP contribution in [-0.2, 0) is 16.1 Å². The van der Waals surface area contributed by atoms with Crippen molar-refractivity contribution in [3.05, 3.63) is 34.6 Å². The second-order valence-electron chi connectivity index (χ2n) is 6.35. The first-order valence-electron chi connectivity index (χ1n) is 8.09. The van der Waals surface area contributed by atoms with Gasteiger partial charge < -0.3 is 9.64 Å². The summed E-state index contributed by atoms with van der Waals surface area (Å²) in [7, 11) is 0. The standard InChI is InChI=1S/C17H22N4O2S/c1-11-5-4-6-14(7-11)16-18-19-17(24)21(16)9-15(22)20-8-13(3)23-10-12(20)2/h4-7,12-13H,8-10H2,1-3H3,(H,19,24). The number of rotatable bonds is 3. The number of carbonyl (C=O) groups is 1. The minimum absolute atomic E-state index is 0.0315. The molecular weight excluding hydrogens is 324 g/mol. The van der Waals surface area contributed by atoms with E-state index in [0.29, 0.717) is 23.7 Å². The molecule has 1 saturated heterocycles. The lowest BCUT2D eigenvalue weighted by molar-refractivity contribution is -0.143. The second kappa shape index (κ2) is 6.86. The molecule has 0 radical (unpaired) electrons. The Morgan fingerprint density at radius 3 is 3.00 bits per heavy atom. The molecule has 2 aromatic rings. The van der Waals surface area contributed by atoms with Crippen molar-refractivity contribution in [2.24, 2.45) is 0 Å². The number of aryl methyl sites for hydroxylation is 1. The van der Waals surface area contributed by atoms with Crippen LogP contribution in [0.15, 0.2) is 24.3 Å². The third kappa shape index (κ3) is 3.42. The first-order chi connectivity index (χ1) is 11.5. The van der Waals surface area contributed by atoms with Crippen LogP contribution in [0.4, 0.5) is 0 Å². The highest BCUT2D eigenvalue weighted by molar-refractivity contribution is 7.71. The van der Waals surface area contributed by atoms with E-state index < -0.39 is 0 Å². The summed E-state index contributed by atoms with van der Waals surface area (Å²) in [6, 6.07) is 8.07. The fraction of sp³-hybridized carbons (Fsp3) is 0.471. The molecule has 1 aromatic heterocycles. The van der Waals surface area contributed by atoms with E-state index in [1.54, 1.807) is 4.57 Å². The molecule has 1 amide bonds. The van der Waals surface area contributed by atoms with Crippen LogP contribution < -0.4 is 0 Å². The molecule has 0 bridgehead atoms. The van der Waals surface area contributed by atoms with Crippen molar-refractivity contribution in [3.63, 3.8) is 0 Å². The minimum atomic E-state index is 0.0315. The predicted molar refractivity (Wildman–Crippen MR) is 94.2 cm³/mol. The molecule has 0 spiro atoms. The number of carbonyl (C=O) groups excluding carboxylic acids is 1. The third-order valence-electron chi connectivity index (χ3n) is 4.26. The highest BCUT2D eigenvalue weighted by Gasteiger charge is 2.28. The van der Waals surface area contributed by atoms with Gasteiger partial charge in [-0.2, -0.15) is 5.10 Å². The van der Waals surface area contributed by atoms with Crippen LogP contribution in [-0.4, -0.2) is 50.9 Å². The van der Waals surface area contributed by atoms with Crippen molar-refractivity contribution in [2.75, 3.05) is 13.2 Å². The molecule has 2 atom stereocenters. The largest absolute Gasteiger partial charge is 0.375 e. The van der Waals surface area contributed by atoms with Gasteiger partial charge in [0.2, 0.25) is 5.91 Å². The number of nitrogens with one attached hydrogen (secondary N) is 1. The number of aromatic amines is 1. The van der Waals surface area contributed by atoms with Crippen LogP contribution in [0.3, 0.4) is 0 Å². The van der Waals surface area contributed by atoms with Gasteiger partial charge in [0.15, 0.2) is 10.6 Å². The van der Waals surface area contributed by atoms with Crippen molar-refractivity contribution in [3.8, 4) is 11.4 Å². The second-order valence-corrected chi connectivity index (χ2v) is 6.73. The molecule has 1 aliphatic rings. The Morgan fingerprint density at radius 1 is 1.46 bits per heavy atom. The maximum atomic E-state index is 12.8. The highest BCUT2D eigenvalue weighted by Crippen LogP contribution is 2.19. The molecule has 6 nitrogen and oxygen atoms in total. The van der Waals surface area contributed by atoms with Gasteiger partial charge in [-0.25, -0.2) is 0 Å². The Balaban J connectivity index is 1.86. The van der Waals surface area contributed by atoms with E-state index in [9.17, 15) is 4.79 Å². The van der Waals surface area contributed by atoms with E-state index in [1.165, 1.54) is 0 Å². The molecule has 2 unspecified atom stereocenters. The minimum Gasteiger partial charge on any atom is -0.375 e. The maximum absolute atomic E-state index is 12.8. The van der Waals surface area contributed by atoms with Gasteiger partial charge in [0.05, 0.1) is 18.8 Å². The molecule has 3 rings (SSSR count). The van der Waals surface area contributed by atoms with Crippen molar-refractivity contribution < 1.29 is 9.53 Å². The van der Waals surface area contributed by atoms with E-state index in [1.807, 2.05) is 49.9 Å². The number of aromatic nitrogens is 3. The van der Waals surface area contributed by atoms with Crippen molar-refractivity contribution in [1.29, 1.82) is 0 Å². The molecule has 1 aromatic carbocycles. The van der Waals surface area contributed by atoms with E-state index in [-0.39, 0.29) is 24.6 Å². The monoisotopic (exact) mass is 346 g/mol. The summed E-state index contributed by atoms with van der Waals surface area (Å²) in [5.41, 5.74) is 2.08. The van der Waals surface area contributed by atoms with Crippen molar-refractivity contribution >= 4 is 18.1 Å². The zero-order valence-corrected chi connectivity index (χ0v) is 15.0. The number of H-pyrrole nitrogens is 1. The quantitative estimate of drug-likeness (QED) is 0.868. The van der Waals surface area contributed by atoms with Crippen LogP contribution in [0.5, 0.6) is 0 Å². The molecule has 7 heteroatoms. The smallest absolute Gasteiger partial charge is 0.243 e. The van der Waals surface area contributed by atoms with Gasteiger partial charge in [0.25, 0.3) is 0 Å². The number of hydrogen-bond donors (Lipinski definition) is 1. The van der Waals surface area contributed by atoms with Crippen LogP contribution in [0.2, 0.25) is 0 Å². The molecule has 24 heavy (non-hydrogen) atoms. The van der Waals surface area contributed by atoms with Gasteiger partial charge in [-0.15, -0.1) is 0 Å². The summed E-state index contributed by atoms with van der Waals surface area (Å²) in [5.74, 6) is 0.718. The first kappa shape index (κ1) is 16.9. The fourth-order valence-electron chi connectivity index (χ4n) is 2.95. The first-order valence-corrected chi connectivity index (χ1v) is 8.50. The number of benzene rings is 1. The van der Waals surface area contributed by atoms with Gasteiger partial charge in [-0.3, -0.25) is 14.5 Å². The number of nitrogens with zero attached hydrogens (tertiary/aromatic N) is 3. The number of hydrogen-bond acceptors (Lipinski definition) is 4. The van der Waals surface area contributed by atoms with Crippen LogP contribution in [0.1, 0.15) is 19.4 Å². The Kier molecular flexibility index (Phi) is 4.82. The van der Waals surface area contributed by atoms with E-state index >= 15 is 0 Å².